The molecular formula is C39H26N2O. The van der Waals surface area contributed by atoms with Gasteiger partial charge in [-0.3, -0.25) is 0 Å². The molecule has 0 spiro atoms. The zero-order valence-corrected chi connectivity index (χ0v) is 22.9. The van der Waals surface area contributed by atoms with Crippen LogP contribution in [0.25, 0.3) is 60.6 Å². The van der Waals surface area contributed by atoms with Crippen molar-refractivity contribution < 1.29 is 4.42 Å². The van der Waals surface area contributed by atoms with Crippen LogP contribution in [0.15, 0.2) is 132 Å². The van der Waals surface area contributed by atoms with Crippen LogP contribution in [0.5, 0.6) is 0 Å². The highest BCUT2D eigenvalue weighted by molar-refractivity contribution is 6.14. The molecule has 0 radical (unpaired) electrons. The minimum Gasteiger partial charge on any atom is -0.456 e. The molecular weight excluding hydrogens is 512 g/mol. The standard InChI is InChI=1S/C39H26N2O/c1-4-11-32-26(8-1)21-28-22-27-20-24(16-18-33(27)40(28)32)25-17-19-35-31(23-25)29-9-2-5-12-34(29)41(35)36-13-7-15-38-39(36)30-10-3-6-14-37(30)42-38/h1-20,23,28H,21-22H2. The molecule has 42 heavy (non-hydrogen) atoms. The maximum absolute atomic E-state index is 6.26. The number of fused-ring (bicyclic) bond motifs is 11. The molecule has 3 heteroatoms. The highest BCUT2D eigenvalue weighted by Gasteiger charge is 2.36. The van der Waals surface area contributed by atoms with Gasteiger partial charge in [-0.15, -0.1) is 0 Å². The molecule has 10 rings (SSSR count). The summed E-state index contributed by atoms with van der Waals surface area (Å²) in [6.07, 6.45) is 2.23. The molecule has 6 aromatic carbocycles. The number of benzene rings is 6. The number of aromatic nitrogens is 1. The maximum Gasteiger partial charge on any atom is 0.137 e. The molecule has 0 saturated carbocycles. The van der Waals surface area contributed by atoms with Crippen LogP contribution in [0, 0.1) is 0 Å². The van der Waals surface area contributed by atoms with E-state index in [0.717, 1.165) is 40.5 Å². The van der Waals surface area contributed by atoms with E-state index < -0.39 is 0 Å². The van der Waals surface area contributed by atoms with E-state index in [4.69, 9.17) is 4.42 Å². The van der Waals surface area contributed by atoms with Crippen molar-refractivity contribution in [1.29, 1.82) is 0 Å². The normalized spacial score (nSPS) is 15.6. The van der Waals surface area contributed by atoms with Gasteiger partial charge >= 0.3 is 0 Å². The summed E-state index contributed by atoms with van der Waals surface area (Å²) < 4.78 is 8.67. The summed E-state index contributed by atoms with van der Waals surface area (Å²) in [6.45, 7) is 0. The van der Waals surface area contributed by atoms with Crippen LogP contribution in [-0.2, 0) is 12.8 Å². The average Bonchev–Trinajstić information content (AvgIpc) is 3.77. The van der Waals surface area contributed by atoms with Crippen molar-refractivity contribution in [2.24, 2.45) is 0 Å². The Hall–Kier alpha value is -5.28. The second-order valence-corrected chi connectivity index (χ2v) is 11.7. The van der Waals surface area contributed by atoms with E-state index in [2.05, 4.69) is 131 Å². The predicted octanol–water partition coefficient (Wildman–Crippen LogP) is 9.97. The van der Waals surface area contributed by atoms with Crippen LogP contribution >= 0.6 is 0 Å². The highest BCUT2D eigenvalue weighted by Crippen LogP contribution is 2.47. The van der Waals surface area contributed by atoms with E-state index in [-0.39, 0.29) is 0 Å². The lowest BCUT2D eigenvalue weighted by atomic mass is 9.98. The van der Waals surface area contributed by atoms with Gasteiger partial charge in [-0.2, -0.15) is 0 Å². The molecule has 3 nitrogen and oxygen atoms in total. The van der Waals surface area contributed by atoms with Gasteiger partial charge in [-0.05, 0) is 89.7 Å². The van der Waals surface area contributed by atoms with Gasteiger partial charge in [0.25, 0.3) is 0 Å². The summed E-state index contributed by atoms with van der Waals surface area (Å²) in [5.74, 6) is 0. The third-order valence-corrected chi connectivity index (χ3v) is 9.49. The van der Waals surface area contributed by atoms with Gasteiger partial charge in [0.2, 0.25) is 0 Å². The number of nitrogens with zero attached hydrogens (tertiary/aromatic N) is 2. The monoisotopic (exact) mass is 538 g/mol. The van der Waals surface area contributed by atoms with Crippen molar-refractivity contribution in [1.82, 2.24) is 4.57 Å². The van der Waals surface area contributed by atoms with Crippen LogP contribution in [0.3, 0.4) is 0 Å². The van der Waals surface area contributed by atoms with E-state index in [9.17, 15) is 0 Å². The minimum atomic E-state index is 0.537. The van der Waals surface area contributed by atoms with Gasteiger partial charge in [-0.25, -0.2) is 0 Å². The van der Waals surface area contributed by atoms with E-state index >= 15 is 0 Å². The van der Waals surface area contributed by atoms with Gasteiger partial charge < -0.3 is 13.9 Å². The van der Waals surface area contributed by atoms with E-state index in [1.165, 1.54) is 55.4 Å². The maximum atomic E-state index is 6.26. The number of hydrogen-bond donors (Lipinski definition) is 0. The summed E-state index contributed by atoms with van der Waals surface area (Å²) in [5.41, 5.74) is 13.6. The second kappa shape index (κ2) is 8.14. The summed E-state index contributed by atoms with van der Waals surface area (Å²) >= 11 is 0. The zero-order chi connectivity index (χ0) is 27.4. The number of anilines is 2. The Morgan fingerprint density at radius 3 is 2.17 bits per heavy atom. The SMILES string of the molecule is c1ccc2c(c1)CC1Cc3cc(-c4ccc5c(c4)c4ccccc4n5-c4cccc5oc6ccccc6c45)ccc3N21. The average molecular weight is 539 g/mol. The molecule has 0 fully saturated rings. The van der Waals surface area contributed by atoms with E-state index in [1.807, 2.05) is 6.07 Å². The smallest absolute Gasteiger partial charge is 0.137 e. The van der Waals surface area contributed by atoms with Crippen LogP contribution in [-0.4, -0.2) is 10.6 Å². The zero-order valence-electron chi connectivity index (χ0n) is 22.9. The summed E-state index contributed by atoms with van der Waals surface area (Å²) in [4.78, 5) is 2.56. The molecule has 198 valence electrons. The third-order valence-electron chi connectivity index (χ3n) is 9.49. The first-order valence-corrected chi connectivity index (χ1v) is 14.8. The Labute approximate surface area is 242 Å². The molecule has 8 aromatic rings. The topological polar surface area (TPSA) is 21.3 Å². The Morgan fingerprint density at radius 1 is 0.500 bits per heavy atom. The largest absolute Gasteiger partial charge is 0.456 e. The predicted molar refractivity (Wildman–Crippen MR) is 173 cm³/mol. The lowest BCUT2D eigenvalue weighted by Gasteiger charge is -2.20. The fraction of sp³-hybridized carbons (Fsp3) is 0.0769. The lowest BCUT2D eigenvalue weighted by Crippen LogP contribution is -2.22. The van der Waals surface area contributed by atoms with Crippen molar-refractivity contribution in [2.75, 3.05) is 4.90 Å². The van der Waals surface area contributed by atoms with Gasteiger partial charge in [0.05, 0.1) is 22.1 Å². The van der Waals surface area contributed by atoms with Crippen molar-refractivity contribution >= 4 is 55.1 Å². The number of rotatable bonds is 2. The van der Waals surface area contributed by atoms with Gasteiger partial charge in [0.1, 0.15) is 11.2 Å². The summed E-state index contributed by atoms with van der Waals surface area (Å²) in [7, 11) is 0. The molecule has 0 amide bonds. The molecule has 0 N–H and O–H groups in total. The van der Waals surface area contributed by atoms with Crippen molar-refractivity contribution in [2.45, 2.75) is 18.9 Å². The van der Waals surface area contributed by atoms with Crippen molar-refractivity contribution in [3.05, 3.63) is 139 Å². The quantitative estimate of drug-likeness (QED) is 0.218. The summed E-state index contributed by atoms with van der Waals surface area (Å²) in [6, 6.07) is 46.9. The molecule has 0 saturated heterocycles. The molecule has 2 aliphatic heterocycles. The summed E-state index contributed by atoms with van der Waals surface area (Å²) in [5, 5.41) is 4.83. The molecule has 0 aliphatic carbocycles. The van der Waals surface area contributed by atoms with Gasteiger partial charge in [0, 0.05) is 33.6 Å². The fourth-order valence-corrected chi connectivity index (χ4v) is 7.72. The van der Waals surface area contributed by atoms with Crippen molar-refractivity contribution in [3.8, 4) is 16.8 Å². The first kappa shape index (κ1) is 22.4. The van der Waals surface area contributed by atoms with Crippen LogP contribution in [0.2, 0.25) is 0 Å². The molecule has 0 bridgehead atoms. The Kier molecular flexibility index (Phi) is 4.35. The van der Waals surface area contributed by atoms with Crippen LogP contribution < -0.4 is 4.90 Å². The highest BCUT2D eigenvalue weighted by atomic mass is 16.3. The second-order valence-electron chi connectivity index (χ2n) is 11.7. The van der Waals surface area contributed by atoms with Crippen LogP contribution in [0.1, 0.15) is 11.1 Å². The number of hydrogen-bond acceptors (Lipinski definition) is 2. The first-order valence-electron chi connectivity index (χ1n) is 14.8. The Morgan fingerprint density at radius 2 is 1.19 bits per heavy atom. The molecule has 4 heterocycles. The molecule has 2 aromatic heterocycles. The van der Waals surface area contributed by atoms with Crippen molar-refractivity contribution in [3.63, 3.8) is 0 Å². The Bertz CT molecular complexity index is 2390. The lowest BCUT2D eigenvalue weighted by molar-refractivity contribution is 0.669. The minimum absolute atomic E-state index is 0.537. The molecule has 1 atom stereocenters. The number of para-hydroxylation sites is 3. The van der Waals surface area contributed by atoms with Gasteiger partial charge in [-0.1, -0.05) is 72.8 Å². The Balaban J connectivity index is 1.15. The van der Waals surface area contributed by atoms with E-state index in [1.54, 1.807) is 0 Å². The van der Waals surface area contributed by atoms with Gasteiger partial charge in [0.15, 0.2) is 0 Å². The number of furan rings is 1. The molecule has 1 unspecified atom stereocenters. The molecule has 2 aliphatic rings. The first-order chi connectivity index (χ1) is 20.8. The van der Waals surface area contributed by atoms with E-state index in [0.29, 0.717) is 6.04 Å². The van der Waals surface area contributed by atoms with Crippen LogP contribution in [0.4, 0.5) is 11.4 Å². The fourth-order valence-electron chi connectivity index (χ4n) is 7.72. The third kappa shape index (κ3) is 2.95.